The molecule has 0 fully saturated rings. The summed E-state index contributed by atoms with van der Waals surface area (Å²) < 4.78 is 9.21. The van der Waals surface area contributed by atoms with Crippen LogP contribution in [0.5, 0.6) is 0 Å². The second-order valence-corrected chi connectivity index (χ2v) is 1.66. The fourth-order valence-electron chi connectivity index (χ4n) is 0.557. The van der Waals surface area contributed by atoms with E-state index in [9.17, 15) is 4.79 Å². The Hall–Kier alpha value is -1.25. The third-order valence-electron chi connectivity index (χ3n) is 1.02. The van der Waals surface area contributed by atoms with Crippen molar-refractivity contribution >= 4 is 5.97 Å². The second-order valence-electron chi connectivity index (χ2n) is 1.66. The van der Waals surface area contributed by atoms with E-state index < -0.39 is 5.97 Å². The summed E-state index contributed by atoms with van der Waals surface area (Å²) in [5.41, 5.74) is 0. The van der Waals surface area contributed by atoms with Crippen LogP contribution in [-0.2, 0) is 14.3 Å². The fraction of sp³-hybridized carbons (Fsp3) is 0.143. The number of carbonyl (C=O) groups is 1. The summed E-state index contributed by atoms with van der Waals surface area (Å²) in [6.07, 6.45) is 6.57. The normalized spacial score (nSPS) is 16.5. The van der Waals surface area contributed by atoms with Crippen LogP contribution in [0.1, 0.15) is 0 Å². The molecular formula is C7H7O3. The molecule has 0 bridgehead atoms. The largest absolute Gasteiger partial charge is 0.474 e. The predicted octanol–water partition coefficient (Wildman–Crippen LogP) is 0.791. The highest BCUT2D eigenvalue weighted by molar-refractivity contribution is 5.85. The van der Waals surface area contributed by atoms with E-state index in [1.807, 2.05) is 0 Å². The summed E-state index contributed by atoms with van der Waals surface area (Å²) in [7, 11) is 1.31. The van der Waals surface area contributed by atoms with Crippen molar-refractivity contribution < 1.29 is 14.3 Å². The van der Waals surface area contributed by atoms with Crippen molar-refractivity contribution in [2.45, 2.75) is 0 Å². The molecule has 0 spiro atoms. The lowest BCUT2D eigenvalue weighted by atomic mass is 10.3. The van der Waals surface area contributed by atoms with Crippen molar-refractivity contribution in [3.63, 3.8) is 0 Å². The van der Waals surface area contributed by atoms with Crippen molar-refractivity contribution in [3.8, 4) is 0 Å². The molecule has 0 aromatic heterocycles. The maximum Gasteiger partial charge on any atom is 0.359 e. The van der Waals surface area contributed by atoms with E-state index in [1.54, 1.807) is 18.2 Å². The van der Waals surface area contributed by atoms with Crippen LogP contribution in [0.25, 0.3) is 0 Å². The lowest BCUT2D eigenvalue weighted by Crippen LogP contribution is -2.13. The van der Waals surface area contributed by atoms with Crippen molar-refractivity contribution in [2.24, 2.45) is 0 Å². The Morgan fingerprint density at radius 1 is 1.60 bits per heavy atom. The highest BCUT2D eigenvalue weighted by atomic mass is 16.6. The molecule has 0 aliphatic carbocycles. The van der Waals surface area contributed by atoms with Gasteiger partial charge in [-0.3, -0.25) is 0 Å². The van der Waals surface area contributed by atoms with Gasteiger partial charge in [0.15, 0.2) is 0 Å². The molecule has 0 aromatic carbocycles. The first-order valence-corrected chi connectivity index (χ1v) is 2.79. The van der Waals surface area contributed by atoms with Gasteiger partial charge in [-0.1, -0.05) is 6.08 Å². The smallest absolute Gasteiger partial charge is 0.359 e. The Bertz CT molecular complexity index is 181. The topological polar surface area (TPSA) is 35.5 Å². The zero-order chi connectivity index (χ0) is 7.40. The first-order valence-electron chi connectivity index (χ1n) is 2.79. The van der Waals surface area contributed by atoms with Gasteiger partial charge in [-0.25, -0.2) is 4.79 Å². The van der Waals surface area contributed by atoms with E-state index in [1.165, 1.54) is 13.4 Å². The van der Waals surface area contributed by atoms with Crippen LogP contribution < -0.4 is 0 Å². The van der Waals surface area contributed by atoms with Crippen LogP contribution in [0.15, 0.2) is 24.5 Å². The van der Waals surface area contributed by atoms with Gasteiger partial charge in [0.2, 0.25) is 0 Å². The summed E-state index contributed by atoms with van der Waals surface area (Å²) in [5.74, 6) is -0.458. The second kappa shape index (κ2) is 3.06. The molecular weight excluding hydrogens is 132 g/mol. The molecule has 1 radical (unpaired) electrons. The molecule has 0 amide bonds. The summed E-state index contributed by atoms with van der Waals surface area (Å²) in [6.45, 7) is 0. The minimum Gasteiger partial charge on any atom is -0.474 e. The van der Waals surface area contributed by atoms with Crippen LogP contribution in [0.2, 0.25) is 0 Å². The molecule has 0 unspecified atom stereocenters. The average Bonchev–Trinajstić information content (AvgIpc) is 2.05. The van der Waals surface area contributed by atoms with Gasteiger partial charge in [-0.2, -0.15) is 0 Å². The molecule has 1 rings (SSSR count). The SMILES string of the molecule is COC(=O)[C]1C=CC=CO1. The molecule has 53 valence electrons. The van der Waals surface area contributed by atoms with E-state index in [0.29, 0.717) is 0 Å². The van der Waals surface area contributed by atoms with Gasteiger partial charge in [0, 0.05) is 0 Å². The molecule has 0 saturated heterocycles. The van der Waals surface area contributed by atoms with Gasteiger partial charge in [-0.05, 0) is 12.2 Å². The van der Waals surface area contributed by atoms with Gasteiger partial charge < -0.3 is 9.47 Å². The zero-order valence-corrected chi connectivity index (χ0v) is 5.53. The van der Waals surface area contributed by atoms with Gasteiger partial charge in [0.05, 0.1) is 13.4 Å². The maximum absolute atomic E-state index is 10.7. The van der Waals surface area contributed by atoms with Crippen molar-refractivity contribution in [3.05, 3.63) is 30.6 Å². The van der Waals surface area contributed by atoms with Crippen LogP contribution in [-0.4, -0.2) is 13.1 Å². The van der Waals surface area contributed by atoms with E-state index in [0.717, 1.165) is 0 Å². The van der Waals surface area contributed by atoms with Crippen LogP contribution in [0.3, 0.4) is 0 Å². The Labute approximate surface area is 58.9 Å². The minimum atomic E-state index is -0.458. The monoisotopic (exact) mass is 139 g/mol. The first kappa shape index (κ1) is 6.86. The summed E-state index contributed by atoms with van der Waals surface area (Å²) in [5, 5.41) is 0. The van der Waals surface area contributed by atoms with Crippen LogP contribution >= 0.6 is 0 Å². The van der Waals surface area contributed by atoms with Crippen molar-refractivity contribution in [2.75, 3.05) is 7.11 Å². The van der Waals surface area contributed by atoms with Crippen LogP contribution in [0.4, 0.5) is 0 Å². The summed E-state index contributed by atoms with van der Waals surface area (Å²) >= 11 is 0. The fourth-order valence-corrected chi connectivity index (χ4v) is 0.557. The summed E-state index contributed by atoms with van der Waals surface area (Å²) in [4.78, 5) is 10.7. The Kier molecular flexibility index (Phi) is 2.10. The van der Waals surface area contributed by atoms with E-state index in [-0.39, 0.29) is 6.10 Å². The number of carbonyl (C=O) groups excluding carboxylic acids is 1. The molecule has 0 aromatic rings. The molecule has 3 nitrogen and oxygen atoms in total. The van der Waals surface area contributed by atoms with E-state index in [2.05, 4.69) is 4.74 Å². The van der Waals surface area contributed by atoms with Gasteiger partial charge in [0.1, 0.15) is 0 Å². The Morgan fingerprint density at radius 2 is 2.40 bits per heavy atom. The molecule has 10 heavy (non-hydrogen) atoms. The number of hydrogen-bond acceptors (Lipinski definition) is 3. The number of rotatable bonds is 1. The number of esters is 1. The number of methoxy groups -OCH3 is 1. The maximum atomic E-state index is 10.7. The van der Waals surface area contributed by atoms with Crippen LogP contribution in [0, 0.1) is 6.10 Å². The number of ether oxygens (including phenoxy) is 2. The van der Waals surface area contributed by atoms with Gasteiger partial charge in [-0.15, -0.1) is 0 Å². The molecule has 3 heteroatoms. The van der Waals surface area contributed by atoms with E-state index in [4.69, 9.17) is 4.74 Å². The van der Waals surface area contributed by atoms with Crippen molar-refractivity contribution in [1.82, 2.24) is 0 Å². The predicted molar refractivity (Wildman–Crippen MR) is 34.6 cm³/mol. The highest BCUT2D eigenvalue weighted by Gasteiger charge is 2.18. The molecule has 0 saturated carbocycles. The number of allylic oxidation sites excluding steroid dienone is 2. The molecule has 0 N–H and O–H groups in total. The average molecular weight is 139 g/mol. The zero-order valence-electron chi connectivity index (χ0n) is 5.53. The number of hydrogen-bond donors (Lipinski definition) is 0. The van der Waals surface area contributed by atoms with Gasteiger partial charge >= 0.3 is 5.97 Å². The lowest BCUT2D eigenvalue weighted by Gasteiger charge is -2.09. The summed E-state index contributed by atoms with van der Waals surface area (Å²) in [6, 6.07) is 0. The highest BCUT2D eigenvalue weighted by Crippen LogP contribution is 2.10. The molecule has 1 aliphatic heterocycles. The molecule has 0 atom stereocenters. The van der Waals surface area contributed by atoms with Gasteiger partial charge in [0.25, 0.3) is 6.10 Å². The molecule has 1 heterocycles. The Morgan fingerprint density at radius 3 is 2.90 bits per heavy atom. The molecule has 1 aliphatic rings. The first-order chi connectivity index (χ1) is 4.84. The quantitative estimate of drug-likeness (QED) is 0.504. The lowest BCUT2D eigenvalue weighted by molar-refractivity contribution is -0.142. The standard InChI is InChI=1S/C7H7O3/c1-9-7(8)6-4-2-3-5-10-6/h2-5H,1H3. The third kappa shape index (κ3) is 1.37. The van der Waals surface area contributed by atoms with E-state index >= 15 is 0 Å². The third-order valence-corrected chi connectivity index (χ3v) is 1.02. The Balaban J connectivity index is 2.51. The minimum absolute atomic E-state index is 0.213. The van der Waals surface area contributed by atoms with Crippen molar-refractivity contribution in [1.29, 1.82) is 0 Å².